The van der Waals surface area contributed by atoms with Gasteiger partial charge in [0.25, 0.3) is 0 Å². The van der Waals surface area contributed by atoms with Crippen molar-refractivity contribution in [3.05, 3.63) is 48.6 Å². The van der Waals surface area contributed by atoms with Crippen molar-refractivity contribution >= 4 is 11.9 Å². The molecule has 1 amide bonds. The molecule has 0 fully saturated rings. The minimum Gasteiger partial charge on any atom is -0.466 e. The topological polar surface area (TPSA) is 95.9 Å². The minimum absolute atomic E-state index is 0.000747. The number of carbonyl (C=O) groups is 2. The number of hydrogen-bond acceptors (Lipinski definition) is 5. The van der Waals surface area contributed by atoms with Gasteiger partial charge in [0.15, 0.2) is 0 Å². The average molecular weight is 1020 g/mol. The number of ether oxygens (including phenoxy) is 1. The molecule has 0 aromatic carbocycles. The lowest BCUT2D eigenvalue weighted by atomic mass is 10.0. The van der Waals surface area contributed by atoms with Crippen molar-refractivity contribution in [2.45, 2.75) is 353 Å². The van der Waals surface area contributed by atoms with Crippen LogP contribution in [0.15, 0.2) is 48.6 Å². The van der Waals surface area contributed by atoms with Crippen LogP contribution in [0.1, 0.15) is 341 Å². The van der Waals surface area contributed by atoms with Crippen LogP contribution in [0.3, 0.4) is 0 Å². The summed E-state index contributed by atoms with van der Waals surface area (Å²) in [7, 11) is 0. The molecule has 428 valence electrons. The summed E-state index contributed by atoms with van der Waals surface area (Å²) in [6, 6.07) is -0.631. The van der Waals surface area contributed by atoms with E-state index in [0.29, 0.717) is 19.4 Å². The number of aliphatic hydroxyl groups is 2. The Labute approximate surface area is 455 Å². The molecule has 0 rings (SSSR count). The van der Waals surface area contributed by atoms with Gasteiger partial charge < -0.3 is 20.3 Å². The number of amides is 1. The highest BCUT2D eigenvalue weighted by molar-refractivity contribution is 5.76. The Balaban J connectivity index is 3.45. The van der Waals surface area contributed by atoms with Gasteiger partial charge in [-0.1, -0.05) is 287 Å². The number of hydrogen-bond donors (Lipinski definition) is 3. The van der Waals surface area contributed by atoms with Crippen molar-refractivity contribution in [2.75, 3.05) is 13.2 Å². The maximum atomic E-state index is 12.5. The summed E-state index contributed by atoms with van der Waals surface area (Å²) in [6.45, 7) is 4.89. The normalized spacial score (nSPS) is 12.9. The molecule has 0 aliphatic carbocycles. The number of rotatable bonds is 60. The van der Waals surface area contributed by atoms with Crippen LogP contribution in [0.5, 0.6) is 0 Å². The van der Waals surface area contributed by atoms with Crippen LogP contribution in [0, 0.1) is 0 Å². The van der Waals surface area contributed by atoms with Crippen molar-refractivity contribution in [1.82, 2.24) is 5.32 Å². The molecule has 0 saturated heterocycles. The Hall–Kier alpha value is -2.18. The third-order valence-corrected chi connectivity index (χ3v) is 14.8. The highest BCUT2D eigenvalue weighted by Crippen LogP contribution is 2.17. The van der Waals surface area contributed by atoms with E-state index in [1.807, 2.05) is 6.08 Å². The fourth-order valence-corrected chi connectivity index (χ4v) is 9.84. The van der Waals surface area contributed by atoms with Crippen molar-refractivity contribution in [3.63, 3.8) is 0 Å². The predicted molar refractivity (Wildman–Crippen MR) is 319 cm³/mol. The first-order chi connectivity index (χ1) is 36.0. The van der Waals surface area contributed by atoms with E-state index in [2.05, 4.69) is 55.6 Å². The molecule has 6 heteroatoms. The standard InChI is InChI=1S/C67H125NO5/c1-3-5-7-9-11-13-15-17-18-32-36-39-43-47-51-55-59-65(70)64(63-69)68-66(71)60-56-52-48-44-40-37-33-30-28-26-24-22-20-19-21-23-25-27-29-31-34-38-42-46-50-54-58-62-73-67(72)61-57-53-49-45-41-35-16-14-12-10-8-6-4-2/h14,16,19-20,23,25,55,59,64-65,69-70H,3-13,15,17-18,21-22,24,26-54,56-58,60-63H2,1-2H3,(H,68,71)/b16-14-,20-19-,25-23-,59-55+. The minimum atomic E-state index is -0.847. The molecule has 2 atom stereocenters. The van der Waals surface area contributed by atoms with Crippen LogP contribution in [0.2, 0.25) is 0 Å². The highest BCUT2D eigenvalue weighted by atomic mass is 16.5. The lowest BCUT2D eigenvalue weighted by Gasteiger charge is -2.20. The van der Waals surface area contributed by atoms with Crippen molar-refractivity contribution < 1.29 is 24.5 Å². The lowest BCUT2D eigenvalue weighted by Crippen LogP contribution is -2.45. The molecule has 73 heavy (non-hydrogen) atoms. The van der Waals surface area contributed by atoms with Gasteiger partial charge in [0.2, 0.25) is 5.91 Å². The predicted octanol–water partition coefficient (Wildman–Crippen LogP) is 20.5. The maximum absolute atomic E-state index is 12.5. The van der Waals surface area contributed by atoms with E-state index in [0.717, 1.165) is 51.4 Å². The second-order valence-electron chi connectivity index (χ2n) is 22.1. The van der Waals surface area contributed by atoms with Crippen molar-refractivity contribution in [1.29, 1.82) is 0 Å². The third-order valence-electron chi connectivity index (χ3n) is 14.8. The lowest BCUT2D eigenvalue weighted by molar-refractivity contribution is -0.143. The van der Waals surface area contributed by atoms with Gasteiger partial charge in [-0.05, 0) is 89.9 Å². The van der Waals surface area contributed by atoms with E-state index in [1.165, 1.54) is 263 Å². The highest BCUT2D eigenvalue weighted by Gasteiger charge is 2.18. The van der Waals surface area contributed by atoms with Gasteiger partial charge in [-0.2, -0.15) is 0 Å². The molecular formula is C67H125NO5. The largest absolute Gasteiger partial charge is 0.466 e. The van der Waals surface area contributed by atoms with Gasteiger partial charge in [-0.15, -0.1) is 0 Å². The first-order valence-corrected chi connectivity index (χ1v) is 32.4. The zero-order valence-electron chi connectivity index (χ0n) is 48.9. The zero-order valence-corrected chi connectivity index (χ0v) is 48.9. The van der Waals surface area contributed by atoms with E-state index in [-0.39, 0.29) is 18.5 Å². The van der Waals surface area contributed by atoms with Gasteiger partial charge in [0.1, 0.15) is 0 Å². The van der Waals surface area contributed by atoms with Gasteiger partial charge in [0.05, 0.1) is 25.4 Å². The summed E-state index contributed by atoms with van der Waals surface area (Å²) >= 11 is 0. The van der Waals surface area contributed by atoms with Crippen LogP contribution in [0.25, 0.3) is 0 Å². The monoisotopic (exact) mass is 1020 g/mol. The Kier molecular flexibility index (Phi) is 60.5. The zero-order chi connectivity index (χ0) is 52.9. The van der Waals surface area contributed by atoms with Crippen LogP contribution >= 0.6 is 0 Å². The number of aliphatic hydroxyl groups excluding tert-OH is 2. The Morgan fingerprint density at radius 3 is 1.07 bits per heavy atom. The molecule has 0 spiro atoms. The van der Waals surface area contributed by atoms with E-state index in [4.69, 9.17) is 4.74 Å². The molecule has 0 heterocycles. The summed E-state index contributed by atoms with van der Waals surface area (Å²) in [5, 5.41) is 23.2. The molecule has 0 aliphatic rings. The van der Waals surface area contributed by atoms with Gasteiger partial charge >= 0.3 is 5.97 Å². The Morgan fingerprint density at radius 1 is 0.384 bits per heavy atom. The van der Waals surface area contributed by atoms with Gasteiger partial charge in [0, 0.05) is 12.8 Å². The van der Waals surface area contributed by atoms with Crippen molar-refractivity contribution in [2.24, 2.45) is 0 Å². The molecule has 0 saturated carbocycles. The van der Waals surface area contributed by atoms with Crippen LogP contribution in [-0.4, -0.2) is 47.4 Å². The van der Waals surface area contributed by atoms with Gasteiger partial charge in [-0.25, -0.2) is 0 Å². The molecule has 6 nitrogen and oxygen atoms in total. The number of esters is 1. The Bertz CT molecular complexity index is 1230. The van der Waals surface area contributed by atoms with E-state index in [9.17, 15) is 19.8 Å². The molecule has 3 N–H and O–H groups in total. The molecule has 0 aromatic rings. The smallest absolute Gasteiger partial charge is 0.305 e. The quantitative estimate of drug-likeness (QED) is 0.0320. The first kappa shape index (κ1) is 70.8. The van der Waals surface area contributed by atoms with Crippen molar-refractivity contribution in [3.8, 4) is 0 Å². The first-order valence-electron chi connectivity index (χ1n) is 32.4. The average Bonchev–Trinajstić information content (AvgIpc) is 3.39. The molecule has 0 radical (unpaired) electrons. The summed E-state index contributed by atoms with van der Waals surface area (Å²) in [4.78, 5) is 24.5. The molecule has 0 aliphatic heterocycles. The number of allylic oxidation sites excluding steroid dienone is 7. The second kappa shape index (κ2) is 62.4. The molecule has 2 unspecified atom stereocenters. The van der Waals surface area contributed by atoms with Crippen LogP contribution in [-0.2, 0) is 14.3 Å². The fraction of sp³-hybridized carbons (Fsp3) is 0.851. The molecule has 0 aromatic heterocycles. The van der Waals surface area contributed by atoms with E-state index >= 15 is 0 Å². The third kappa shape index (κ3) is 58.9. The summed E-state index contributed by atoms with van der Waals surface area (Å²) in [5.74, 6) is -0.0692. The molecular weight excluding hydrogens is 899 g/mol. The van der Waals surface area contributed by atoms with E-state index in [1.54, 1.807) is 6.08 Å². The van der Waals surface area contributed by atoms with Gasteiger partial charge in [-0.3, -0.25) is 9.59 Å². The maximum Gasteiger partial charge on any atom is 0.305 e. The SMILES string of the molecule is CCCCCC/C=C\CCCCCCCC(=O)OCCCCCCCCCCC/C=C\C/C=C\CCCCCCCCCCCCCC(=O)NC(CO)C(O)/C=C/CCCCCCCCCCCCCCCC. The summed E-state index contributed by atoms with van der Waals surface area (Å²) < 4.78 is 5.47. The number of carbonyl (C=O) groups excluding carboxylic acids is 2. The molecule has 0 bridgehead atoms. The second-order valence-corrected chi connectivity index (χ2v) is 22.1. The summed E-state index contributed by atoms with van der Waals surface area (Å²) in [6.07, 6.45) is 80.2. The summed E-state index contributed by atoms with van der Waals surface area (Å²) in [5.41, 5.74) is 0. The number of unbranched alkanes of at least 4 members (excludes halogenated alkanes) is 43. The fourth-order valence-electron chi connectivity index (χ4n) is 9.84. The van der Waals surface area contributed by atoms with Crippen LogP contribution < -0.4 is 5.32 Å². The van der Waals surface area contributed by atoms with E-state index < -0.39 is 12.1 Å². The number of nitrogens with one attached hydrogen (secondary N) is 1. The van der Waals surface area contributed by atoms with Crippen LogP contribution in [0.4, 0.5) is 0 Å². The Morgan fingerprint density at radius 2 is 0.685 bits per heavy atom.